The highest BCUT2D eigenvalue weighted by Crippen LogP contribution is 2.24. The molecular formula is C12H8BrF2N3O. The molecule has 3 N–H and O–H groups in total. The largest absolute Gasteiger partial charge is 0.381 e. The smallest absolute Gasteiger partial charge is 0.258 e. The minimum Gasteiger partial charge on any atom is -0.381 e. The van der Waals surface area contributed by atoms with Crippen molar-refractivity contribution < 1.29 is 13.6 Å². The number of halogens is 3. The third kappa shape index (κ3) is 2.87. The van der Waals surface area contributed by atoms with Crippen LogP contribution in [0.15, 0.2) is 34.9 Å². The first-order valence-electron chi connectivity index (χ1n) is 5.15. The van der Waals surface area contributed by atoms with E-state index in [0.29, 0.717) is 10.2 Å². The molecule has 2 rings (SSSR count). The molecule has 2 aromatic rings. The Hall–Kier alpha value is -2.02. The first-order valence-corrected chi connectivity index (χ1v) is 5.94. The van der Waals surface area contributed by atoms with E-state index in [9.17, 15) is 13.6 Å². The first-order chi connectivity index (χ1) is 8.99. The van der Waals surface area contributed by atoms with Gasteiger partial charge in [-0.1, -0.05) is 0 Å². The van der Waals surface area contributed by atoms with Gasteiger partial charge >= 0.3 is 0 Å². The Morgan fingerprint density at radius 2 is 2.05 bits per heavy atom. The molecule has 0 bridgehead atoms. The number of anilines is 2. The van der Waals surface area contributed by atoms with Crippen molar-refractivity contribution in [3.05, 3.63) is 52.1 Å². The molecule has 0 atom stereocenters. The molecule has 0 radical (unpaired) electrons. The molecule has 0 aliphatic rings. The van der Waals surface area contributed by atoms with Crippen LogP contribution in [0, 0.1) is 11.6 Å². The fourth-order valence-electron chi connectivity index (χ4n) is 1.42. The van der Waals surface area contributed by atoms with E-state index in [2.05, 4.69) is 26.2 Å². The van der Waals surface area contributed by atoms with Gasteiger partial charge in [0.05, 0.1) is 11.3 Å². The van der Waals surface area contributed by atoms with Gasteiger partial charge in [0.2, 0.25) is 0 Å². The number of rotatable bonds is 2. The van der Waals surface area contributed by atoms with Crippen LogP contribution in [0.2, 0.25) is 0 Å². The van der Waals surface area contributed by atoms with E-state index in [1.54, 1.807) is 0 Å². The van der Waals surface area contributed by atoms with Gasteiger partial charge in [-0.3, -0.25) is 4.79 Å². The summed E-state index contributed by atoms with van der Waals surface area (Å²) in [7, 11) is 0. The van der Waals surface area contributed by atoms with Gasteiger partial charge in [0.1, 0.15) is 5.82 Å². The third-order valence-corrected chi connectivity index (χ3v) is 3.00. The van der Waals surface area contributed by atoms with Crippen LogP contribution in [-0.4, -0.2) is 10.9 Å². The molecule has 0 spiro atoms. The lowest BCUT2D eigenvalue weighted by atomic mass is 10.2. The van der Waals surface area contributed by atoms with Gasteiger partial charge in [0.25, 0.3) is 5.91 Å². The number of carbonyl (C=O) groups excluding carboxylic acids is 1. The quantitative estimate of drug-likeness (QED) is 0.891. The Labute approximate surface area is 115 Å². The number of amides is 1. The monoisotopic (exact) mass is 327 g/mol. The van der Waals surface area contributed by atoms with Crippen LogP contribution in [0.4, 0.5) is 20.3 Å². The highest BCUT2D eigenvalue weighted by atomic mass is 79.9. The molecule has 1 heterocycles. The molecule has 7 heteroatoms. The van der Waals surface area contributed by atoms with Gasteiger partial charge in [-0.15, -0.1) is 0 Å². The normalized spacial score (nSPS) is 10.3. The molecular weight excluding hydrogens is 320 g/mol. The summed E-state index contributed by atoms with van der Waals surface area (Å²) < 4.78 is 26.8. The minimum absolute atomic E-state index is 0.233. The number of nitrogens with two attached hydrogens (primary N) is 1. The van der Waals surface area contributed by atoms with Gasteiger partial charge in [-0.25, -0.2) is 13.8 Å². The average Bonchev–Trinajstić information content (AvgIpc) is 2.36. The standard InChI is InChI=1S/C12H8BrF2N3O/c13-8-5-6(14)1-2-9(8)18-12(19)7-3-4-17-11(16)10(7)15/h1-5H,(H2,16,17)(H,18,19). The van der Waals surface area contributed by atoms with Crippen LogP contribution in [0.5, 0.6) is 0 Å². The van der Waals surface area contributed by atoms with Crippen molar-refractivity contribution in [2.24, 2.45) is 0 Å². The first kappa shape index (κ1) is 13.4. The molecule has 0 unspecified atom stereocenters. The van der Waals surface area contributed by atoms with E-state index < -0.39 is 17.5 Å². The van der Waals surface area contributed by atoms with E-state index >= 15 is 0 Å². The number of pyridine rings is 1. The van der Waals surface area contributed by atoms with Crippen molar-refractivity contribution >= 4 is 33.3 Å². The summed E-state index contributed by atoms with van der Waals surface area (Å²) in [5, 5.41) is 2.45. The Kier molecular flexibility index (Phi) is 3.75. The Morgan fingerprint density at radius 1 is 1.32 bits per heavy atom. The number of aromatic nitrogens is 1. The fourth-order valence-corrected chi connectivity index (χ4v) is 1.87. The second-order valence-electron chi connectivity index (χ2n) is 3.64. The highest BCUT2D eigenvalue weighted by molar-refractivity contribution is 9.10. The van der Waals surface area contributed by atoms with Gasteiger partial charge in [-0.2, -0.15) is 0 Å². The Balaban J connectivity index is 2.28. The topological polar surface area (TPSA) is 68.0 Å². The van der Waals surface area contributed by atoms with Crippen LogP contribution in [0.3, 0.4) is 0 Å². The lowest BCUT2D eigenvalue weighted by Crippen LogP contribution is -2.15. The molecule has 98 valence electrons. The zero-order valence-electron chi connectivity index (χ0n) is 9.45. The summed E-state index contributed by atoms with van der Waals surface area (Å²) in [5.41, 5.74) is 5.36. The molecule has 1 amide bonds. The van der Waals surface area contributed by atoms with E-state index in [-0.39, 0.29) is 11.4 Å². The highest BCUT2D eigenvalue weighted by Gasteiger charge is 2.15. The summed E-state index contributed by atoms with van der Waals surface area (Å²) in [5.74, 6) is -2.40. The minimum atomic E-state index is -0.891. The summed E-state index contributed by atoms with van der Waals surface area (Å²) in [6, 6.07) is 4.93. The Bertz CT molecular complexity index is 649. The molecule has 0 aliphatic carbocycles. The predicted octanol–water partition coefficient (Wildman–Crippen LogP) is 2.96. The van der Waals surface area contributed by atoms with Gasteiger partial charge in [0.15, 0.2) is 11.6 Å². The molecule has 0 fully saturated rings. The van der Waals surface area contributed by atoms with Gasteiger partial charge in [0, 0.05) is 10.7 Å². The van der Waals surface area contributed by atoms with E-state index in [1.807, 2.05) is 0 Å². The van der Waals surface area contributed by atoms with E-state index in [0.717, 1.165) is 0 Å². The number of hydrogen-bond acceptors (Lipinski definition) is 3. The lowest BCUT2D eigenvalue weighted by Gasteiger charge is -2.08. The molecule has 1 aromatic carbocycles. The van der Waals surface area contributed by atoms with Crippen LogP contribution in [0.1, 0.15) is 10.4 Å². The number of carbonyl (C=O) groups is 1. The second kappa shape index (κ2) is 5.31. The maximum Gasteiger partial charge on any atom is 0.258 e. The van der Waals surface area contributed by atoms with Crippen molar-refractivity contribution in [1.29, 1.82) is 0 Å². The van der Waals surface area contributed by atoms with E-state index in [4.69, 9.17) is 5.73 Å². The molecule has 0 saturated carbocycles. The average molecular weight is 328 g/mol. The zero-order valence-corrected chi connectivity index (χ0v) is 11.0. The predicted molar refractivity (Wildman–Crippen MR) is 70.7 cm³/mol. The third-order valence-electron chi connectivity index (χ3n) is 2.34. The van der Waals surface area contributed by atoms with Crippen molar-refractivity contribution in [3.8, 4) is 0 Å². The van der Waals surface area contributed by atoms with Crippen molar-refractivity contribution in [2.75, 3.05) is 11.1 Å². The maximum atomic E-state index is 13.6. The van der Waals surface area contributed by atoms with E-state index in [1.165, 1.54) is 30.5 Å². The molecule has 0 aliphatic heterocycles. The van der Waals surface area contributed by atoms with Crippen LogP contribution >= 0.6 is 15.9 Å². The maximum absolute atomic E-state index is 13.6. The number of nitrogen functional groups attached to an aromatic ring is 1. The number of benzene rings is 1. The molecule has 4 nitrogen and oxygen atoms in total. The SMILES string of the molecule is Nc1nccc(C(=O)Nc2ccc(F)cc2Br)c1F. The van der Waals surface area contributed by atoms with Gasteiger partial charge < -0.3 is 11.1 Å². The van der Waals surface area contributed by atoms with Crippen molar-refractivity contribution in [1.82, 2.24) is 4.98 Å². The number of nitrogens with one attached hydrogen (secondary N) is 1. The lowest BCUT2D eigenvalue weighted by molar-refractivity contribution is 0.102. The summed E-state index contributed by atoms with van der Waals surface area (Å²) in [6.07, 6.45) is 1.23. The molecule has 19 heavy (non-hydrogen) atoms. The second-order valence-corrected chi connectivity index (χ2v) is 4.49. The summed E-state index contributed by atoms with van der Waals surface area (Å²) in [4.78, 5) is 15.4. The van der Waals surface area contributed by atoms with Gasteiger partial charge in [-0.05, 0) is 40.2 Å². The van der Waals surface area contributed by atoms with Crippen LogP contribution in [0.25, 0.3) is 0 Å². The summed E-state index contributed by atoms with van der Waals surface area (Å²) in [6.45, 7) is 0. The fraction of sp³-hybridized carbons (Fsp3) is 0. The summed E-state index contributed by atoms with van der Waals surface area (Å²) >= 11 is 3.10. The number of nitrogens with zero attached hydrogens (tertiary/aromatic N) is 1. The van der Waals surface area contributed by atoms with Crippen molar-refractivity contribution in [2.45, 2.75) is 0 Å². The van der Waals surface area contributed by atoms with Crippen molar-refractivity contribution in [3.63, 3.8) is 0 Å². The number of hydrogen-bond donors (Lipinski definition) is 2. The zero-order chi connectivity index (χ0) is 14.0. The molecule has 1 aromatic heterocycles. The Morgan fingerprint density at radius 3 is 2.74 bits per heavy atom. The molecule has 0 saturated heterocycles. The van der Waals surface area contributed by atoms with Crippen LogP contribution < -0.4 is 11.1 Å². The van der Waals surface area contributed by atoms with Crippen LogP contribution in [-0.2, 0) is 0 Å².